The summed E-state index contributed by atoms with van der Waals surface area (Å²) >= 11 is 1.32. The molecule has 1 heterocycles. The molecule has 6 heteroatoms. The summed E-state index contributed by atoms with van der Waals surface area (Å²) in [4.78, 5) is 24.8. The fourth-order valence-electron chi connectivity index (χ4n) is 1.06. The smallest absolute Gasteiger partial charge is 0.261 e. The van der Waals surface area contributed by atoms with Crippen molar-refractivity contribution >= 4 is 23.2 Å². The van der Waals surface area contributed by atoms with Crippen molar-refractivity contribution in [3.63, 3.8) is 0 Å². The minimum Gasteiger partial charge on any atom is -0.395 e. The van der Waals surface area contributed by atoms with E-state index in [9.17, 15) is 9.59 Å². The summed E-state index contributed by atoms with van der Waals surface area (Å²) in [7, 11) is 1.58. The van der Waals surface area contributed by atoms with E-state index in [1.54, 1.807) is 24.6 Å². The lowest BCUT2D eigenvalue weighted by molar-refractivity contribution is -0.129. The van der Waals surface area contributed by atoms with E-state index < -0.39 is 0 Å². The van der Waals surface area contributed by atoms with E-state index in [2.05, 4.69) is 5.32 Å². The lowest BCUT2D eigenvalue weighted by atomic mass is 10.4. The second kappa shape index (κ2) is 6.24. The normalized spacial score (nSPS) is 9.88. The predicted octanol–water partition coefficient (Wildman–Crippen LogP) is -0.0714. The summed E-state index contributed by atoms with van der Waals surface area (Å²) in [5, 5.41) is 13.0. The Bertz CT molecular complexity index is 351. The number of likely N-dealkylation sites (N-methyl/N-ethyl adjacent to an activating group) is 1. The Morgan fingerprint density at radius 3 is 2.88 bits per heavy atom. The van der Waals surface area contributed by atoms with Crippen LogP contribution in [0.15, 0.2) is 17.5 Å². The first-order valence-corrected chi connectivity index (χ1v) is 5.69. The van der Waals surface area contributed by atoms with Crippen LogP contribution in [0, 0.1) is 0 Å². The van der Waals surface area contributed by atoms with E-state index in [0.717, 1.165) is 0 Å². The highest BCUT2D eigenvalue weighted by molar-refractivity contribution is 7.12. The standard InChI is InChI=1S/C10H14N2O3S/c1-12(4-5-13)9(14)7-11-10(15)8-3-2-6-16-8/h2-3,6,13H,4-5,7H2,1H3,(H,11,15). The van der Waals surface area contributed by atoms with Gasteiger partial charge in [-0.2, -0.15) is 0 Å². The third-order valence-corrected chi connectivity index (χ3v) is 2.87. The fraction of sp³-hybridized carbons (Fsp3) is 0.400. The van der Waals surface area contributed by atoms with Gasteiger partial charge in [0, 0.05) is 13.6 Å². The lowest BCUT2D eigenvalue weighted by Crippen LogP contribution is -2.39. The highest BCUT2D eigenvalue weighted by atomic mass is 32.1. The summed E-state index contributed by atoms with van der Waals surface area (Å²) in [6.07, 6.45) is 0. The van der Waals surface area contributed by atoms with E-state index in [0.29, 0.717) is 4.88 Å². The van der Waals surface area contributed by atoms with Crippen molar-refractivity contribution in [3.05, 3.63) is 22.4 Å². The molecule has 0 aliphatic heterocycles. The Hall–Kier alpha value is -1.40. The molecule has 0 fully saturated rings. The molecule has 0 radical (unpaired) electrons. The molecule has 0 saturated heterocycles. The largest absolute Gasteiger partial charge is 0.395 e. The van der Waals surface area contributed by atoms with Crippen LogP contribution in [0.4, 0.5) is 0 Å². The molecule has 0 spiro atoms. The molecule has 0 aliphatic rings. The highest BCUT2D eigenvalue weighted by Crippen LogP contribution is 2.07. The van der Waals surface area contributed by atoms with E-state index in [-0.39, 0.29) is 31.5 Å². The predicted molar refractivity (Wildman–Crippen MR) is 61.4 cm³/mol. The Labute approximate surface area is 97.7 Å². The van der Waals surface area contributed by atoms with Crippen LogP contribution in [-0.4, -0.2) is 48.6 Å². The zero-order valence-electron chi connectivity index (χ0n) is 8.97. The number of thiophene rings is 1. The van der Waals surface area contributed by atoms with Gasteiger partial charge in [-0.1, -0.05) is 6.07 Å². The van der Waals surface area contributed by atoms with Crippen molar-refractivity contribution in [3.8, 4) is 0 Å². The number of nitrogens with zero attached hydrogens (tertiary/aromatic N) is 1. The van der Waals surface area contributed by atoms with Crippen molar-refractivity contribution in [2.24, 2.45) is 0 Å². The Morgan fingerprint density at radius 2 is 2.31 bits per heavy atom. The second-order valence-corrected chi connectivity index (χ2v) is 4.15. The summed E-state index contributed by atoms with van der Waals surface area (Å²) in [5.41, 5.74) is 0. The first-order valence-electron chi connectivity index (χ1n) is 4.81. The maximum Gasteiger partial charge on any atom is 0.261 e. The van der Waals surface area contributed by atoms with Crippen LogP contribution in [0.25, 0.3) is 0 Å². The molecule has 88 valence electrons. The molecule has 5 nitrogen and oxygen atoms in total. The van der Waals surface area contributed by atoms with Crippen molar-refractivity contribution in [2.75, 3.05) is 26.7 Å². The zero-order valence-corrected chi connectivity index (χ0v) is 9.79. The molecule has 0 bridgehead atoms. The number of rotatable bonds is 5. The van der Waals surface area contributed by atoms with Gasteiger partial charge in [-0.15, -0.1) is 11.3 Å². The van der Waals surface area contributed by atoms with Gasteiger partial charge in [-0.05, 0) is 11.4 Å². The summed E-state index contributed by atoms with van der Waals surface area (Å²) in [5.74, 6) is -0.472. The Morgan fingerprint density at radius 1 is 1.56 bits per heavy atom. The van der Waals surface area contributed by atoms with E-state index in [1.165, 1.54) is 16.2 Å². The number of carbonyl (C=O) groups is 2. The quantitative estimate of drug-likeness (QED) is 0.759. The molecule has 16 heavy (non-hydrogen) atoms. The van der Waals surface area contributed by atoms with Gasteiger partial charge < -0.3 is 15.3 Å². The maximum atomic E-state index is 11.5. The van der Waals surface area contributed by atoms with Gasteiger partial charge in [-0.25, -0.2) is 0 Å². The van der Waals surface area contributed by atoms with Crippen LogP contribution in [0.2, 0.25) is 0 Å². The van der Waals surface area contributed by atoms with Crippen molar-refractivity contribution in [1.29, 1.82) is 0 Å². The van der Waals surface area contributed by atoms with E-state index in [4.69, 9.17) is 5.11 Å². The number of hydrogen-bond donors (Lipinski definition) is 2. The molecule has 0 atom stereocenters. The van der Waals surface area contributed by atoms with Gasteiger partial charge in [0.25, 0.3) is 5.91 Å². The van der Waals surface area contributed by atoms with Gasteiger partial charge in [0.05, 0.1) is 18.0 Å². The van der Waals surface area contributed by atoms with Gasteiger partial charge in [0.15, 0.2) is 0 Å². The molecular formula is C10H14N2O3S. The molecular weight excluding hydrogens is 228 g/mol. The van der Waals surface area contributed by atoms with E-state index in [1.807, 2.05) is 0 Å². The van der Waals surface area contributed by atoms with Crippen LogP contribution in [0.3, 0.4) is 0 Å². The minimum atomic E-state index is -0.249. The monoisotopic (exact) mass is 242 g/mol. The molecule has 1 aromatic rings. The van der Waals surface area contributed by atoms with Crippen LogP contribution < -0.4 is 5.32 Å². The van der Waals surface area contributed by atoms with E-state index >= 15 is 0 Å². The second-order valence-electron chi connectivity index (χ2n) is 3.20. The van der Waals surface area contributed by atoms with Gasteiger partial charge in [0.1, 0.15) is 0 Å². The minimum absolute atomic E-state index is 0.0484. The maximum absolute atomic E-state index is 11.5. The average Bonchev–Trinajstić information content (AvgIpc) is 2.79. The van der Waals surface area contributed by atoms with Gasteiger partial charge >= 0.3 is 0 Å². The zero-order chi connectivity index (χ0) is 12.0. The van der Waals surface area contributed by atoms with Crippen molar-refractivity contribution < 1.29 is 14.7 Å². The molecule has 2 amide bonds. The van der Waals surface area contributed by atoms with Crippen LogP contribution in [0.5, 0.6) is 0 Å². The number of hydrogen-bond acceptors (Lipinski definition) is 4. The first-order chi connectivity index (χ1) is 7.65. The van der Waals surface area contributed by atoms with Crippen molar-refractivity contribution in [2.45, 2.75) is 0 Å². The van der Waals surface area contributed by atoms with Gasteiger partial charge in [-0.3, -0.25) is 9.59 Å². The van der Waals surface area contributed by atoms with Crippen LogP contribution in [0.1, 0.15) is 9.67 Å². The Balaban J connectivity index is 2.35. The lowest BCUT2D eigenvalue weighted by Gasteiger charge is -2.15. The molecule has 2 N–H and O–H groups in total. The third-order valence-electron chi connectivity index (χ3n) is 2.01. The van der Waals surface area contributed by atoms with Crippen LogP contribution >= 0.6 is 11.3 Å². The number of carbonyl (C=O) groups excluding carboxylic acids is 2. The molecule has 0 saturated carbocycles. The number of amides is 2. The summed E-state index contributed by atoms with van der Waals surface area (Å²) in [6.45, 7) is 0.141. The number of nitrogens with one attached hydrogen (secondary N) is 1. The molecule has 0 aromatic carbocycles. The molecule has 1 aromatic heterocycles. The fourth-order valence-corrected chi connectivity index (χ4v) is 1.70. The Kier molecular flexibility index (Phi) is 4.94. The summed E-state index contributed by atoms with van der Waals surface area (Å²) in [6, 6.07) is 3.47. The summed E-state index contributed by atoms with van der Waals surface area (Å²) < 4.78 is 0. The third kappa shape index (κ3) is 3.63. The van der Waals surface area contributed by atoms with Crippen molar-refractivity contribution in [1.82, 2.24) is 10.2 Å². The first kappa shape index (κ1) is 12.7. The highest BCUT2D eigenvalue weighted by Gasteiger charge is 2.11. The molecule has 0 aliphatic carbocycles. The van der Waals surface area contributed by atoms with Gasteiger partial charge in [0.2, 0.25) is 5.91 Å². The van der Waals surface area contributed by atoms with Crippen LogP contribution in [-0.2, 0) is 4.79 Å². The average molecular weight is 242 g/mol. The molecule has 0 unspecified atom stereocenters. The number of aliphatic hydroxyl groups is 1. The SMILES string of the molecule is CN(CCO)C(=O)CNC(=O)c1cccs1. The molecule has 1 rings (SSSR count). The topological polar surface area (TPSA) is 69.6 Å². The number of aliphatic hydroxyl groups excluding tert-OH is 1.